The van der Waals surface area contributed by atoms with Gasteiger partial charge >= 0.3 is 0 Å². The van der Waals surface area contributed by atoms with Gasteiger partial charge in [-0.15, -0.1) is 0 Å². The molecule has 4 rings (SSSR count). The quantitative estimate of drug-likeness (QED) is 0.812. The molecule has 8 heteroatoms. The minimum atomic E-state index is 0.0685. The van der Waals surface area contributed by atoms with Crippen LogP contribution in [0.1, 0.15) is 18.2 Å². The first-order valence-electron chi connectivity index (χ1n) is 8.72. The molecule has 0 bridgehead atoms. The van der Waals surface area contributed by atoms with Crippen LogP contribution in [-0.4, -0.2) is 63.2 Å². The van der Waals surface area contributed by atoms with Crippen molar-refractivity contribution in [3.63, 3.8) is 0 Å². The minimum absolute atomic E-state index is 0.0685. The van der Waals surface area contributed by atoms with Crippen LogP contribution in [-0.2, 0) is 23.6 Å². The van der Waals surface area contributed by atoms with Crippen LogP contribution in [0, 0.1) is 5.92 Å². The average molecular weight is 344 g/mol. The molecule has 2 aromatic heterocycles. The Hall–Kier alpha value is -2.19. The second-order valence-electron chi connectivity index (χ2n) is 6.87. The average Bonchev–Trinajstić information content (AvgIpc) is 3.29. The van der Waals surface area contributed by atoms with E-state index in [0.29, 0.717) is 19.0 Å². The van der Waals surface area contributed by atoms with E-state index >= 15 is 0 Å². The van der Waals surface area contributed by atoms with Gasteiger partial charge in [0.25, 0.3) is 0 Å². The summed E-state index contributed by atoms with van der Waals surface area (Å²) in [5.74, 6) is 0.531. The molecule has 0 aromatic carbocycles. The molecule has 2 aliphatic rings. The second kappa shape index (κ2) is 6.61. The summed E-state index contributed by atoms with van der Waals surface area (Å²) in [6.07, 6.45) is 6.53. The molecular formula is C17H24N6O2. The van der Waals surface area contributed by atoms with Crippen molar-refractivity contribution >= 4 is 11.6 Å². The van der Waals surface area contributed by atoms with Crippen molar-refractivity contribution in [1.29, 1.82) is 0 Å². The Morgan fingerprint density at radius 3 is 2.84 bits per heavy atom. The van der Waals surface area contributed by atoms with E-state index in [4.69, 9.17) is 4.74 Å². The molecule has 134 valence electrons. The highest BCUT2D eigenvalue weighted by molar-refractivity contribution is 5.95. The summed E-state index contributed by atoms with van der Waals surface area (Å²) >= 11 is 0. The molecule has 2 saturated heterocycles. The molecule has 25 heavy (non-hydrogen) atoms. The highest BCUT2D eigenvalue weighted by Gasteiger charge is 2.35. The molecule has 8 nitrogen and oxygen atoms in total. The van der Waals surface area contributed by atoms with Gasteiger partial charge in [0.1, 0.15) is 6.10 Å². The Morgan fingerprint density at radius 1 is 1.28 bits per heavy atom. The first-order chi connectivity index (χ1) is 12.1. The van der Waals surface area contributed by atoms with Crippen LogP contribution in [0.2, 0.25) is 0 Å². The lowest BCUT2D eigenvalue weighted by Gasteiger charge is -2.35. The maximum atomic E-state index is 12.6. The lowest BCUT2D eigenvalue weighted by Crippen LogP contribution is -2.51. The number of anilines is 1. The van der Waals surface area contributed by atoms with Gasteiger partial charge in [0.2, 0.25) is 5.91 Å². The number of aromatic nitrogens is 4. The largest absolute Gasteiger partial charge is 0.372 e. The number of carbonyl (C=O) groups excluding carboxylic acids is 1. The number of hydrogen-bond donors (Lipinski definition) is 0. The van der Waals surface area contributed by atoms with Crippen molar-refractivity contribution in [2.24, 2.45) is 20.0 Å². The summed E-state index contributed by atoms with van der Waals surface area (Å²) in [5.41, 5.74) is 1.99. The van der Waals surface area contributed by atoms with Crippen molar-refractivity contribution in [2.75, 3.05) is 37.7 Å². The molecule has 4 heterocycles. The van der Waals surface area contributed by atoms with Crippen LogP contribution in [0.4, 0.5) is 5.69 Å². The lowest BCUT2D eigenvalue weighted by molar-refractivity contribution is -0.121. The number of rotatable bonds is 4. The maximum Gasteiger partial charge on any atom is 0.241 e. The number of carbonyl (C=O) groups is 1. The highest BCUT2D eigenvalue weighted by atomic mass is 16.5. The summed E-state index contributed by atoms with van der Waals surface area (Å²) in [4.78, 5) is 16.6. The standard InChI is InChI=1S/C17H24N6O2/c1-20-11-14(9-19-20)23-7-6-22(12-16(23)24)10-13-4-8-25-17(13)15-3-5-18-21(15)2/h3,5,9,11,13,17H,4,6-8,10,12H2,1-2H3/t13-,17+/m0/s1. The molecule has 0 saturated carbocycles. The third-order valence-electron chi connectivity index (χ3n) is 5.16. The molecule has 2 atom stereocenters. The van der Waals surface area contributed by atoms with Gasteiger partial charge in [-0.2, -0.15) is 10.2 Å². The van der Waals surface area contributed by atoms with Gasteiger partial charge in [-0.25, -0.2) is 0 Å². The van der Waals surface area contributed by atoms with Crippen LogP contribution in [0.3, 0.4) is 0 Å². The van der Waals surface area contributed by atoms with Gasteiger partial charge in [0, 0.05) is 58.6 Å². The minimum Gasteiger partial charge on any atom is -0.372 e. The van der Waals surface area contributed by atoms with E-state index in [1.165, 1.54) is 0 Å². The van der Waals surface area contributed by atoms with Gasteiger partial charge in [-0.1, -0.05) is 0 Å². The molecule has 0 aliphatic carbocycles. The first-order valence-corrected chi connectivity index (χ1v) is 8.72. The summed E-state index contributed by atoms with van der Waals surface area (Å²) in [6, 6.07) is 2.02. The fourth-order valence-electron chi connectivity index (χ4n) is 3.84. The van der Waals surface area contributed by atoms with Gasteiger partial charge in [-0.3, -0.25) is 19.1 Å². The predicted molar refractivity (Wildman–Crippen MR) is 92.0 cm³/mol. The van der Waals surface area contributed by atoms with E-state index in [0.717, 1.165) is 37.5 Å². The van der Waals surface area contributed by atoms with E-state index < -0.39 is 0 Å². The van der Waals surface area contributed by atoms with Crippen LogP contribution >= 0.6 is 0 Å². The highest BCUT2D eigenvalue weighted by Crippen LogP contribution is 2.35. The number of piperazine rings is 1. The smallest absolute Gasteiger partial charge is 0.241 e. The molecule has 2 fully saturated rings. The van der Waals surface area contributed by atoms with Gasteiger partial charge in [0.05, 0.1) is 24.1 Å². The van der Waals surface area contributed by atoms with E-state index in [-0.39, 0.29) is 12.0 Å². The SMILES string of the molecule is Cn1cc(N2CCN(C[C@@H]3CCO[C@H]3c3ccnn3C)CC2=O)cn1. The molecule has 0 N–H and O–H groups in total. The van der Waals surface area contributed by atoms with Crippen LogP contribution in [0.25, 0.3) is 0 Å². The fourth-order valence-corrected chi connectivity index (χ4v) is 3.84. The van der Waals surface area contributed by atoms with Crippen molar-refractivity contribution in [2.45, 2.75) is 12.5 Å². The molecule has 2 aliphatic heterocycles. The summed E-state index contributed by atoms with van der Waals surface area (Å²) in [7, 11) is 3.81. The number of aryl methyl sites for hydroxylation is 2. The van der Waals surface area contributed by atoms with Crippen LogP contribution in [0.5, 0.6) is 0 Å². The van der Waals surface area contributed by atoms with E-state index in [1.807, 2.05) is 42.1 Å². The number of ether oxygens (including phenoxy) is 1. The Morgan fingerprint density at radius 2 is 2.16 bits per heavy atom. The number of nitrogens with zero attached hydrogens (tertiary/aromatic N) is 6. The van der Waals surface area contributed by atoms with E-state index in [1.54, 1.807) is 10.9 Å². The zero-order valence-electron chi connectivity index (χ0n) is 14.7. The lowest BCUT2D eigenvalue weighted by atomic mass is 9.98. The van der Waals surface area contributed by atoms with Crippen molar-refractivity contribution in [3.05, 3.63) is 30.4 Å². The third kappa shape index (κ3) is 3.19. The van der Waals surface area contributed by atoms with Crippen molar-refractivity contribution in [1.82, 2.24) is 24.5 Å². The Balaban J connectivity index is 1.39. The summed E-state index contributed by atoms with van der Waals surface area (Å²) < 4.78 is 9.57. The Bertz CT molecular complexity index is 754. The van der Waals surface area contributed by atoms with E-state index in [9.17, 15) is 4.79 Å². The van der Waals surface area contributed by atoms with E-state index in [2.05, 4.69) is 15.1 Å². The monoisotopic (exact) mass is 344 g/mol. The summed E-state index contributed by atoms with van der Waals surface area (Å²) in [5, 5.41) is 8.41. The van der Waals surface area contributed by atoms with Gasteiger partial charge < -0.3 is 9.64 Å². The second-order valence-corrected chi connectivity index (χ2v) is 6.87. The Kier molecular flexibility index (Phi) is 4.30. The zero-order chi connectivity index (χ0) is 17.4. The first kappa shape index (κ1) is 16.3. The number of amides is 1. The van der Waals surface area contributed by atoms with Crippen LogP contribution in [0.15, 0.2) is 24.7 Å². The van der Waals surface area contributed by atoms with Gasteiger partial charge in [-0.05, 0) is 12.5 Å². The normalized spacial score (nSPS) is 25.0. The molecule has 2 aromatic rings. The molecule has 1 amide bonds. The predicted octanol–water partition coefficient (Wildman–Crippen LogP) is 0.580. The summed E-state index contributed by atoms with van der Waals surface area (Å²) in [6.45, 7) is 3.67. The molecule has 0 spiro atoms. The van der Waals surface area contributed by atoms with Crippen molar-refractivity contribution < 1.29 is 9.53 Å². The Labute approximate surface area is 147 Å². The molecule has 0 unspecified atom stereocenters. The topological polar surface area (TPSA) is 68.4 Å². The maximum absolute atomic E-state index is 12.6. The fraction of sp³-hybridized carbons (Fsp3) is 0.588. The number of hydrogen-bond acceptors (Lipinski definition) is 5. The molecule has 0 radical (unpaired) electrons. The van der Waals surface area contributed by atoms with Crippen molar-refractivity contribution in [3.8, 4) is 0 Å². The molecular weight excluding hydrogens is 320 g/mol. The van der Waals surface area contributed by atoms with Gasteiger partial charge in [0.15, 0.2) is 0 Å². The third-order valence-corrected chi connectivity index (χ3v) is 5.16. The van der Waals surface area contributed by atoms with Crippen LogP contribution < -0.4 is 4.90 Å². The zero-order valence-corrected chi connectivity index (χ0v) is 14.7.